The van der Waals surface area contributed by atoms with Crippen molar-refractivity contribution in [1.82, 2.24) is 0 Å². The van der Waals surface area contributed by atoms with Crippen molar-refractivity contribution in [1.29, 1.82) is 0 Å². The van der Waals surface area contributed by atoms with Gasteiger partial charge < -0.3 is 0 Å². The van der Waals surface area contributed by atoms with Gasteiger partial charge in [0.05, 0.1) is 0 Å². The lowest BCUT2D eigenvalue weighted by atomic mass is 10.2. The Morgan fingerprint density at radius 1 is 0.944 bits per heavy atom. The van der Waals surface area contributed by atoms with Crippen molar-refractivity contribution in [2.24, 2.45) is 0 Å². The van der Waals surface area contributed by atoms with Gasteiger partial charge in [0.25, 0.3) is 0 Å². The van der Waals surface area contributed by atoms with Crippen LogP contribution in [0.5, 0.6) is 0 Å². The van der Waals surface area contributed by atoms with Crippen LogP contribution in [0.1, 0.15) is 51.9 Å². The quantitative estimate of drug-likeness (QED) is 0.223. The van der Waals surface area contributed by atoms with Gasteiger partial charge in [0.15, 0.2) is 0 Å². The molecule has 0 nitrogen and oxygen atoms in total. The summed E-state index contributed by atoms with van der Waals surface area (Å²) >= 11 is 0. The second kappa shape index (κ2) is 9.06. The van der Waals surface area contributed by atoms with E-state index in [0.717, 1.165) is 6.42 Å². The van der Waals surface area contributed by atoms with Crippen molar-refractivity contribution in [2.75, 3.05) is 0 Å². The number of alkyl halides is 2. The molecule has 0 saturated carbocycles. The van der Waals surface area contributed by atoms with E-state index in [1.807, 2.05) is 6.92 Å². The largest absolute Gasteiger partial charge is 0.616 e. The minimum Gasteiger partial charge on any atom is -0.238 e. The van der Waals surface area contributed by atoms with Crippen LogP contribution in [-0.4, -0.2) is 24.1 Å². The second-order valence-corrected chi connectivity index (χ2v) is 8.81. The van der Waals surface area contributed by atoms with E-state index in [-0.39, 0.29) is 12.8 Å². The molecule has 0 atom stereocenters. The third-order valence-corrected chi connectivity index (χ3v) is 5.76. The number of hydrogen-bond donors (Lipinski definition) is 0. The second-order valence-electron chi connectivity index (χ2n) is 4.84. The molecule has 0 radical (unpaired) electrons. The Kier molecular flexibility index (Phi) is 9.10. The minimum absolute atomic E-state index is 0.00457. The number of hydrogen-bond acceptors (Lipinski definition) is 0. The summed E-state index contributed by atoms with van der Waals surface area (Å²) in [6.45, 7) is 1.89. The molecule has 0 aromatic heterocycles. The maximum atomic E-state index is 13.3. The van der Waals surface area contributed by atoms with Crippen molar-refractivity contribution in [3.05, 3.63) is 0 Å². The molecule has 18 heavy (non-hydrogen) atoms. The van der Waals surface area contributed by atoms with E-state index in [1.165, 1.54) is 0 Å². The molecule has 0 aromatic carbocycles. The third-order valence-electron chi connectivity index (χ3n) is 2.90. The van der Waals surface area contributed by atoms with E-state index in [4.69, 9.17) is 0 Å². The van der Waals surface area contributed by atoms with Crippen molar-refractivity contribution >= 4 is 18.6 Å². The number of unbranched alkanes of at least 4 members (excludes halogenated alkanes) is 4. The van der Waals surface area contributed by atoms with Crippen molar-refractivity contribution in [3.63, 3.8) is 0 Å². The normalized spacial score (nSPS) is 13.7. The summed E-state index contributed by atoms with van der Waals surface area (Å²) in [4.78, 5) is 0. The van der Waals surface area contributed by atoms with Gasteiger partial charge in [-0.3, -0.25) is 0 Å². The van der Waals surface area contributed by atoms with Crippen LogP contribution < -0.4 is 0 Å². The highest BCUT2D eigenvalue weighted by Crippen LogP contribution is 2.23. The topological polar surface area (TPSA) is 0 Å². The summed E-state index contributed by atoms with van der Waals surface area (Å²) in [7, 11) is -6.77. The summed E-state index contributed by atoms with van der Waals surface area (Å²) in [5, 5.41) is 0. The molecule has 0 aromatic rings. The Morgan fingerprint density at radius 2 is 1.56 bits per heavy atom. The minimum atomic E-state index is -5.38. The van der Waals surface area contributed by atoms with Gasteiger partial charge in [-0.1, -0.05) is 38.7 Å². The Hall–Kier alpha value is 0.0838. The summed E-state index contributed by atoms with van der Waals surface area (Å²) in [5.41, 5.74) is -2.45. The first kappa shape index (κ1) is 18.1. The van der Waals surface area contributed by atoms with Gasteiger partial charge in [0, 0.05) is 12.5 Å². The molecule has 0 aliphatic carbocycles. The molecule has 0 amide bonds. The van der Waals surface area contributed by atoms with Gasteiger partial charge >= 0.3 is 9.08 Å². The van der Waals surface area contributed by atoms with Crippen LogP contribution in [0.25, 0.3) is 0 Å². The zero-order valence-electron chi connectivity index (χ0n) is 11.0. The monoisotopic (exact) mass is 306 g/mol. The maximum absolute atomic E-state index is 13.3. The van der Waals surface area contributed by atoms with Crippen molar-refractivity contribution in [3.8, 4) is 0 Å². The van der Waals surface area contributed by atoms with Gasteiger partial charge in [-0.2, -0.15) is 0 Å². The summed E-state index contributed by atoms with van der Waals surface area (Å²) in [6, 6.07) is -0.0583. The predicted molar refractivity (Wildman–Crippen MR) is 70.2 cm³/mol. The SMILES string of the molecule is CCCCC(F)(F)[SiH2]CCCCCC[Si](F)(F)F. The van der Waals surface area contributed by atoms with E-state index in [0.29, 0.717) is 31.7 Å². The Balaban J connectivity index is 3.39. The van der Waals surface area contributed by atoms with E-state index >= 15 is 0 Å². The van der Waals surface area contributed by atoms with E-state index in [9.17, 15) is 21.1 Å². The highest BCUT2D eigenvalue weighted by Gasteiger charge is 2.35. The van der Waals surface area contributed by atoms with Gasteiger partial charge in [-0.25, -0.2) is 21.1 Å². The lowest BCUT2D eigenvalue weighted by molar-refractivity contribution is 0.0776. The molecule has 0 spiro atoms. The maximum Gasteiger partial charge on any atom is 0.616 e. The smallest absolute Gasteiger partial charge is 0.238 e. The third kappa shape index (κ3) is 12.5. The first-order valence-corrected chi connectivity index (χ1v) is 10.3. The molecule has 0 rings (SSSR count). The Labute approximate surface area is 110 Å². The van der Waals surface area contributed by atoms with Crippen LogP contribution in [0.15, 0.2) is 0 Å². The molecule has 110 valence electrons. The van der Waals surface area contributed by atoms with Gasteiger partial charge in [-0.15, -0.1) is 0 Å². The molecular weight excluding hydrogens is 283 g/mol. The lowest BCUT2D eigenvalue weighted by Crippen LogP contribution is -2.24. The number of rotatable bonds is 11. The average molecular weight is 306 g/mol. The van der Waals surface area contributed by atoms with E-state index in [1.54, 1.807) is 0 Å². The summed E-state index contributed by atoms with van der Waals surface area (Å²) < 4.78 is 62.4. The zero-order chi connectivity index (χ0) is 14.1. The van der Waals surface area contributed by atoms with Crippen LogP contribution in [0.2, 0.25) is 12.1 Å². The van der Waals surface area contributed by atoms with Crippen LogP contribution in [-0.2, 0) is 0 Å². The fourth-order valence-corrected chi connectivity index (χ4v) is 4.07. The summed E-state index contributed by atoms with van der Waals surface area (Å²) in [5.74, 6) is 0. The first-order valence-electron chi connectivity index (χ1n) is 6.71. The Morgan fingerprint density at radius 3 is 2.11 bits per heavy atom. The molecule has 0 aliphatic rings. The molecule has 7 heteroatoms. The summed E-state index contributed by atoms with van der Waals surface area (Å²) in [6.07, 6.45) is 3.40. The molecule has 0 aliphatic heterocycles. The van der Waals surface area contributed by atoms with Crippen LogP contribution >= 0.6 is 0 Å². The van der Waals surface area contributed by atoms with Gasteiger partial charge in [-0.05, 0) is 12.8 Å². The first-order chi connectivity index (χ1) is 8.27. The molecule has 0 unspecified atom stereocenters. The molecule has 0 N–H and O–H groups in total. The molecular formula is C11H23F5Si2. The average Bonchev–Trinajstić information content (AvgIpc) is 2.23. The zero-order valence-corrected chi connectivity index (χ0v) is 13.4. The molecule has 0 bridgehead atoms. The highest BCUT2D eigenvalue weighted by molar-refractivity contribution is 6.58. The van der Waals surface area contributed by atoms with E-state index in [2.05, 4.69) is 0 Å². The Bertz CT molecular complexity index is 206. The molecule has 0 heterocycles. The standard InChI is InChI=1S/C11H23F5Si2/c1-2-3-8-11(12,13)17-9-6-4-5-7-10-18(14,15)16/h2-10,17H2,1H3. The number of halogens is 5. The van der Waals surface area contributed by atoms with E-state index < -0.39 is 30.2 Å². The fourth-order valence-electron chi connectivity index (χ4n) is 1.80. The fraction of sp³-hybridized carbons (Fsp3) is 1.00. The van der Waals surface area contributed by atoms with Gasteiger partial charge in [0.2, 0.25) is 5.55 Å². The highest BCUT2D eigenvalue weighted by atomic mass is 28.5. The van der Waals surface area contributed by atoms with Gasteiger partial charge in [0.1, 0.15) is 9.52 Å². The van der Waals surface area contributed by atoms with Crippen molar-refractivity contribution in [2.45, 2.75) is 69.5 Å². The van der Waals surface area contributed by atoms with Crippen molar-refractivity contribution < 1.29 is 21.1 Å². The molecule has 0 saturated heterocycles. The lowest BCUT2D eigenvalue weighted by Gasteiger charge is -2.15. The van der Waals surface area contributed by atoms with Crippen LogP contribution in [0, 0.1) is 0 Å². The van der Waals surface area contributed by atoms with Crippen LogP contribution in [0.4, 0.5) is 21.1 Å². The van der Waals surface area contributed by atoms with Crippen LogP contribution in [0.3, 0.4) is 0 Å². The predicted octanol–water partition coefficient (Wildman–Crippen LogP) is 4.76. The molecule has 0 fully saturated rings.